The topological polar surface area (TPSA) is 87.3 Å². The van der Waals surface area contributed by atoms with Gasteiger partial charge in [0.1, 0.15) is 11.9 Å². The van der Waals surface area contributed by atoms with Crippen LogP contribution in [0, 0.1) is 5.82 Å². The first-order chi connectivity index (χ1) is 9.04. The zero-order valence-corrected chi connectivity index (χ0v) is 9.90. The van der Waals surface area contributed by atoms with Crippen LogP contribution in [0.5, 0.6) is 0 Å². The summed E-state index contributed by atoms with van der Waals surface area (Å²) < 4.78 is 12.7. The highest BCUT2D eigenvalue weighted by molar-refractivity contribution is 6.02. The number of nitrogens with one attached hydrogen (secondary N) is 3. The quantitative estimate of drug-likeness (QED) is 0.690. The fourth-order valence-corrected chi connectivity index (χ4v) is 1.69. The molecular weight excluding hydrogens is 253 g/mol. The third-order valence-electron chi connectivity index (χ3n) is 2.65. The molecule has 1 aromatic rings. The summed E-state index contributed by atoms with van der Waals surface area (Å²) >= 11 is 0. The maximum atomic E-state index is 12.7. The van der Waals surface area contributed by atoms with Gasteiger partial charge in [-0.3, -0.25) is 14.9 Å². The smallest absolute Gasteiger partial charge is 0.319 e. The van der Waals surface area contributed by atoms with Crippen LogP contribution in [0.3, 0.4) is 0 Å². The van der Waals surface area contributed by atoms with Crippen molar-refractivity contribution in [2.45, 2.75) is 18.9 Å². The van der Waals surface area contributed by atoms with Gasteiger partial charge < -0.3 is 10.6 Å². The lowest BCUT2D eigenvalue weighted by molar-refractivity contribution is -0.134. The minimum atomic E-state index is -0.738. The van der Waals surface area contributed by atoms with Gasteiger partial charge in [0, 0.05) is 12.1 Å². The SMILES string of the molecule is O=C1CCC(NC(=O)Nc2ccc(F)cc2)C(=O)N1. The van der Waals surface area contributed by atoms with Gasteiger partial charge >= 0.3 is 6.03 Å². The van der Waals surface area contributed by atoms with Crippen LogP contribution < -0.4 is 16.0 Å². The van der Waals surface area contributed by atoms with Crippen molar-refractivity contribution >= 4 is 23.5 Å². The highest BCUT2D eigenvalue weighted by Crippen LogP contribution is 2.09. The van der Waals surface area contributed by atoms with Gasteiger partial charge in [-0.25, -0.2) is 9.18 Å². The number of hydrogen-bond donors (Lipinski definition) is 3. The van der Waals surface area contributed by atoms with Gasteiger partial charge in [0.15, 0.2) is 0 Å². The van der Waals surface area contributed by atoms with Gasteiger partial charge in [-0.1, -0.05) is 0 Å². The van der Waals surface area contributed by atoms with Crippen LogP contribution >= 0.6 is 0 Å². The number of anilines is 1. The minimum Gasteiger partial charge on any atom is -0.326 e. The van der Waals surface area contributed by atoms with E-state index in [0.29, 0.717) is 5.69 Å². The van der Waals surface area contributed by atoms with Gasteiger partial charge in [-0.2, -0.15) is 0 Å². The lowest BCUT2D eigenvalue weighted by Gasteiger charge is -2.21. The molecule has 19 heavy (non-hydrogen) atoms. The van der Waals surface area contributed by atoms with Crippen LogP contribution in [0.25, 0.3) is 0 Å². The van der Waals surface area contributed by atoms with Crippen molar-refractivity contribution in [3.63, 3.8) is 0 Å². The third-order valence-corrected chi connectivity index (χ3v) is 2.65. The van der Waals surface area contributed by atoms with Gasteiger partial charge in [-0.15, -0.1) is 0 Å². The van der Waals surface area contributed by atoms with Crippen molar-refractivity contribution in [3.8, 4) is 0 Å². The number of rotatable bonds is 2. The molecule has 0 saturated carbocycles. The zero-order chi connectivity index (χ0) is 13.8. The van der Waals surface area contributed by atoms with Crippen LogP contribution in [0.4, 0.5) is 14.9 Å². The van der Waals surface area contributed by atoms with E-state index in [4.69, 9.17) is 0 Å². The summed E-state index contributed by atoms with van der Waals surface area (Å²) in [5, 5.41) is 7.05. The first-order valence-corrected chi connectivity index (χ1v) is 5.71. The van der Waals surface area contributed by atoms with E-state index < -0.39 is 23.8 Å². The Kier molecular flexibility index (Phi) is 3.74. The molecule has 2 rings (SSSR count). The summed E-state index contributed by atoms with van der Waals surface area (Å²) in [7, 11) is 0. The van der Waals surface area contributed by atoms with E-state index in [1.54, 1.807) is 0 Å². The lowest BCUT2D eigenvalue weighted by Crippen LogP contribution is -2.53. The maximum Gasteiger partial charge on any atom is 0.319 e. The fourth-order valence-electron chi connectivity index (χ4n) is 1.69. The Morgan fingerprint density at radius 1 is 1.26 bits per heavy atom. The molecular formula is C12H12FN3O3. The molecule has 1 fully saturated rings. The predicted octanol–water partition coefficient (Wildman–Crippen LogP) is 0.752. The van der Waals surface area contributed by atoms with Crippen LogP contribution in [-0.4, -0.2) is 23.9 Å². The van der Waals surface area contributed by atoms with Crippen LogP contribution in [0.1, 0.15) is 12.8 Å². The van der Waals surface area contributed by atoms with Crippen molar-refractivity contribution in [1.29, 1.82) is 0 Å². The monoisotopic (exact) mass is 265 g/mol. The summed E-state index contributed by atoms with van der Waals surface area (Å²) in [5.41, 5.74) is 0.409. The Balaban J connectivity index is 1.89. The van der Waals surface area contributed by atoms with Crippen molar-refractivity contribution in [3.05, 3.63) is 30.1 Å². The van der Waals surface area contributed by atoms with Gasteiger partial charge in [0.25, 0.3) is 0 Å². The Bertz CT molecular complexity index is 515. The number of amides is 4. The standard InChI is InChI=1S/C12H12FN3O3/c13-7-1-3-8(4-2-7)14-12(19)15-9-5-6-10(17)16-11(9)18/h1-4,9H,5-6H2,(H2,14,15,19)(H,16,17,18). The van der Waals surface area contributed by atoms with Gasteiger partial charge in [0.2, 0.25) is 11.8 Å². The second-order valence-corrected chi connectivity index (χ2v) is 4.11. The average molecular weight is 265 g/mol. The molecule has 0 aliphatic carbocycles. The molecule has 4 amide bonds. The molecule has 0 aromatic heterocycles. The molecule has 6 nitrogen and oxygen atoms in total. The second kappa shape index (κ2) is 5.47. The van der Waals surface area contributed by atoms with Crippen molar-refractivity contribution in [1.82, 2.24) is 10.6 Å². The Labute approximate surface area is 108 Å². The first-order valence-electron chi connectivity index (χ1n) is 5.71. The second-order valence-electron chi connectivity index (χ2n) is 4.11. The summed E-state index contributed by atoms with van der Waals surface area (Å²) in [6, 6.07) is 3.90. The zero-order valence-electron chi connectivity index (χ0n) is 9.90. The third kappa shape index (κ3) is 3.51. The first kappa shape index (κ1) is 13.0. The highest BCUT2D eigenvalue weighted by Gasteiger charge is 2.27. The Morgan fingerprint density at radius 2 is 1.95 bits per heavy atom. The van der Waals surface area contributed by atoms with E-state index in [1.807, 2.05) is 0 Å². The summed E-state index contributed by atoms with van der Waals surface area (Å²) in [6.07, 6.45) is 0.453. The van der Waals surface area contributed by atoms with E-state index in [9.17, 15) is 18.8 Å². The highest BCUT2D eigenvalue weighted by atomic mass is 19.1. The number of benzene rings is 1. The molecule has 0 spiro atoms. The van der Waals surface area contributed by atoms with E-state index in [2.05, 4.69) is 16.0 Å². The number of hydrogen-bond acceptors (Lipinski definition) is 3. The van der Waals surface area contributed by atoms with Gasteiger partial charge in [0.05, 0.1) is 0 Å². The normalized spacial score (nSPS) is 18.7. The average Bonchev–Trinajstić information content (AvgIpc) is 2.36. The molecule has 100 valence electrons. The number of piperidine rings is 1. The van der Waals surface area contributed by atoms with Crippen LogP contribution in [0.15, 0.2) is 24.3 Å². The fraction of sp³-hybridized carbons (Fsp3) is 0.250. The van der Waals surface area contributed by atoms with Crippen LogP contribution in [0.2, 0.25) is 0 Å². The molecule has 1 aliphatic heterocycles. The Morgan fingerprint density at radius 3 is 2.58 bits per heavy atom. The van der Waals surface area contributed by atoms with E-state index in [0.717, 1.165) is 0 Å². The predicted molar refractivity (Wildman–Crippen MR) is 64.7 cm³/mol. The minimum absolute atomic E-state index is 0.188. The molecule has 0 radical (unpaired) electrons. The molecule has 1 unspecified atom stereocenters. The molecule has 1 heterocycles. The van der Waals surface area contributed by atoms with E-state index >= 15 is 0 Å². The number of halogens is 1. The number of urea groups is 1. The van der Waals surface area contributed by atoms with E-state index in [-0.39, 0.29) is 18.7 Å². The maximum absolute atomic E-state index is 12.7. The van der Waals surface area contributed by atoms with Crippen molar-refractivity contribution < 1.29 is 18.8 Å². The molecule has 0 bridgehead atoms. The molecule has 3 N–H and O–H groups in total. The van der Waals surface area contributed by atoms with Crippen molar-refractivity contribution in [2.75, 3.05) is 5.32 Å². The van der Waals surface area contributed by atoms with Crippen LogP contribution in [-0.2, 0) is 9.59 Å². The summed E-state index contributed by atoms with van der Waals surface area (Å²) in [6.45, 7) is 0. The molecule has 7 heteroatoms. The lowest BCUT2D eigenvalue weighted by atomic mass is 10.1. The molecule has 1 atom stereocenters. The number of imide groups is 1. The Hall–Kier alpha value is -2.44. The number of carbonyl (C=O) groups is 3. The van der Waals surface area contributed by atoms with Crippen molar-refractivity contribution in [2.24, 2.45) is 0 Å². The summed E-state index contributed by atoms with van der Waals surface area (Å²) in [4.78, 5) is 34.0. The molecule has 1 aliphatic rings. The number of carbonyl (C=O) groups excluding carboxylic acids is 3. The van der Waals surface area contributed by atoms with E-state index in [1.165, 1.54) is 24.3 Å². The summed E-state index contributed by atoms with van der Waals surface area (Å²) in [5.74, 6) is -1.27. The molecule has 1 saturated heterocycles. The largest absolute Gasteiger partial charge is 0.326 e. The van der Waals surface area contributed by atoms with Gasteiger partial charge in [-0.05, 0) is 30.7 Å². The molecule has 1 aromatic carbocycles.